The first-order valence-electron chi connectivity index (χ1n) is 9.69. The van der Waals surface area contributed by atoms with Crippen molar-refractivity contribution >= 4 is 21.6 Å². The first kappa shape index (κ1) is 21.8. The van der Waals surface area contributed by atoms with E-state index in [1.807, 2.05) is 31.3 Å². The van der Waals surface area contributed by atoms with Gasteiger partial charge in [0.1, 0.15) is 0 Å². The van der Waals surface area contributed by atoms with Gasteiger partial charge in [0.2, 0.25) is 5.91 Å². The number of benzene rings is 2. The van der Waals surface area contributed by atoms with Gasteiger partial charge >= 0.3 is 0 Å². The van der Waals surface area contributed by atoms with Gasteiger partial charge in [0.05, 0.1) is 10.8 Å². The van der Waals surface area contributed by atoms with Crippen molar-refractivity contribution in [2.45, 2.75) is 11.3 Å². The number of hydrogen-bond acceptors (Lipinski definition) is 6. The predicted molar refractivity (Wildman–Crippen MR) is 115 cm³/mol. The summed E-state index contributed by atoms with van der Waals surface area (Å²) in [4.78, 5) is 11.7. The van der Waals surface area contributed by atoms with Gasteiger partial charge in [0.15, 0.2) is 0 Å². The Morgan fingerprint density at radius 2 is 1.70 bits per heavy atom. The Morgan fingerprint density at radius 1 is 1.07 bits per heavy atom. The molecular weight excluding hydrogens is 404 g/mol. The quantitative estimate of drug-likeness (QED) is 0.290. The molecule has 0 spiro atoms. The van der Waals surface area contributed by atoms with E-state index in [4.69, 9.17) is 5.21 Å². The summed E-state index contributed by atoms with van der Waals surface area (Å²) in [5.41, 5.74) is 4.53. The van der Waals surface area contributed by atoms with Gasteiger partial charge in [-0.1, -0.05) is 30.3 Å². The summed E-state index contributed by atoms with van der Waals surface area (Å²) in [6.45, 7) is 1.87. The summed E-state index contributed by atoms with van der Waals surface area (Å²) in [5, 5.41) is 15.1. The highest BCUT2D eigenvalue weighted by Crippen LogP contribution is 2.26. The maximum absolute atomic E-state index is 12.9. The molecule has 9 heteroatoms. The van der Waals surface area contributed by atoms with E-state index in [-0.39, 0.29) is 11.4 Å². The highest BCUT2D eigenvalue weighted by atomic mass is 32.2. The molecule has 2 aromatic carbocycles. The maximum atomic E-state index is 12.9. The van der Waals surface area contributed by atoms with Gasteiger partial charge in [0.25, 0.3) is 10.0 Å². The lowest BCUT2D eigenvalue weighted by Gasteiger charge is -2.26. The molecule has 1 amide bonds. The van der Waals surface area contributed by atoms with Gasteiger partial charge in [-0.15, -0.1) is 0 Å². The minimum atomic E-state index is -3.70. The van der Waals surface area contributed by atoms with Gasteiger partial charge in [-0.2, -0.15) is 0 Å². The van der Waals surface area contributed by atoms with Crippen LogP contribution in [0.15, 0.2) is 65.7 Å². The summed E-state index contributed by atoms with van der Waals surface area (Å²) in [7, 11) is -1.79. The molecule has 160 valence electrons. The van der Waals surface area contributed by atoms with E-state index >= 15 is 0 Å². The SMILES string of the molecule is CNCCNc1ccc(-c2ccc(S(=O)(=O)N3C=CC(C(=O)NO)CC3)cc2)cc1. The second kappa shape index (κ2) is 9.75. The zero-order chi connectivity index (χ0) is 21.6. The number of rotatable bonds is 8. The Kier molecular flexibility index (Phi) is 7.09. The number of likely N-dealkylation sites (N-methyl/N-ethyl adjacent to an activating group) is 1. The lowest BCUT2D eigenvalue weighted by Crippen LogP contribution is -2.36. The molecule has 4 N–H and O–H groups in total. The second-order valence-corrected chi connectivity index (χ2v) is 8.85. The number of hydrogen-bond donors (Lipinski definition) is 4. The number of nitrogens with one attached hydrogen (secondary N) is 3. The molecule has 3 rings (SSSR count). The van der Waals surface area contributed by atoms with Gasteiger partial charge in [0, 0.05) is 31.5 Å². The Morgan fingerprint density at radius 3 is 2.23 bits per heavy atom. The fourth-order valence-electron chi connectivity index (χ4n) is 3.21. The maximum Gasteiger partial charge on any atom is 0.263 e. The fraction of sp³-hybridized carbons (Fsp3) is 0.286. The van der Waals surface area contributed by atoms with Gasteiger partial charge < -0.3 is 10.6 Å². The molecule has 1 atom stereocenters. The van der Waals surface area contributed by atoms with E-state index in [9.17, 15) is 13.2 Å². The van der Waals surface area contributed by atoms with Crippen molar-refractivity contribution in [2.75, 3.05) is 32.0 Å². The van der Waals surface area contributed by atoms with E-state index in [2.05, 4.69) is 10.6 Å². The number of sulfonamides is 1. The molecule has 2 aromatic rings. The van der Waals surface area contributed by atoms with E-state index in [1.54, 1.807) is 29.7 Å². The van der Waals surface area contributed by atoms with Crippen molar-refractivity contribution in [3.05, 3.63) is 60.8 Å². The third-order valence-electron chi connectivity index (χ3n) is 4.98. The topological polar surface area (TPSA) is 111 Å². The molecule has 0 saturated heterocycles. The molecule has 30 heavy (non-hydrogen) atoms. The number of hydroxylamine groups is 1. The Bertz CT molecular complexity index is 989. The average Bonchev–Trinajstić information content (AvgIpc) is 2.79. The van der Waals surface area contributed by atoms with Crippen LogP contribution in [0.5, 0.6) is 0 Å². The van der Waals surface area contributed by atoms with Crippen LogP contribution in [-0.4, -0.2) is 50.5 Å². The standard InChI is InChI=1S/C21H26N4O4S/c1-22-12-13-23-19-6-2-16(3-7-19)17-4-8-20(9-5-17)30(28,29)25-14-10-18(11-15-25)21(26)24-27/h2-10,14,18,22-23,27H,11-13,15H2,1H3,(H,24,26). The third kappa shape index (κ3) is 4.99. The van der Waals surface area contributed by atoms with Crippen LogP contribution in [0.1, 0.15) is 6.42 Å². The highest BCUT2D eigenvalue weighted by Gasteiger charge is 2.27. The molecular formula is C21H26N4O4S. The highest BCUT2D eigenvalue weighted by molar-refractivity contribution is 7.89. The molecule has 0 bridgehead atoms. The van der Waals surface area contributed by atoms with Crippen LogP contribution in [0, 0.1) is 5.92 Å². The molecule has 1 aliphatic heterocycles. The number of amides is 1. The molecule has 1 heterocycles. The van der Waals surface area contributed by atoms with Crippen LogP contribution in [0.3, 0.4) is 0 Å². The Labute approximate surface area is 176 Å². The number of carbonyl (C=O) groups is 1. The van der Waals surface area contributed by atoms with Crippen molar-refractivity contribution in [2.24, 2.45) is 5.92 Å². The fourth-order valence-corrected chi connectivity index (χ4v) is 4.53. The first-order valence-corrected chi connectivity index (χ1v) is 11.1. The number of anilines is 1. The molecule has 0 aromatic heterocycles. The normalized spacial score (nSPS) is 16.3. The number of carbonyl (C=O) groups excluding carboxylic acids is 1. The summed E-state index contributed by atoms with van der Waals surface area (Å²) in [6, 6.07) is 14.7. The summed E-state index contributed by atoms with van der Waals surface area (Å²) < 4.78 is 26.9. The Balaban J connectivity index is 1.70. The van der Waals surface area contributed by atoms with E-state index < -0.39 is 21.8 Å². The largest absolute Gasteiger partial charge is 0.384 e. The molecule has 0 aliphatic carbocycles. The van der Waals surface area contributed by atoms with Crippen molar-refractivity contribution in [3.63, 3.8) is 0 Å². The molecule has 1 aliphatic rings. The van der Waals surface area contributed by atoms with Crippen molar-refractivity contribution in [1.82, 2.24) is 15.1 Å². The molecule has 0 saturated carbocycles. The van der Waals surface area contributed by atoms with Crippen LogP contribution in [0.2, 0.25) is 0 Å². The monoisotopic (exact) mass is 430 g/mol. The molecule has 0 fully saturated rings. The van der Waals surface area contributed by atoms with Crippen molar-refractivity contribution < 1.29 is 18.4 Å². The van der Waals surface area contributed by atoms with Crippen LogP contribution in [0.4, 0.5) is 5.69 Å². The van der Waals surface area contributed by atoms with Gasteiger partial charge in [-0.3, -0.25) is 14.3 Å². The smallest absolute Gasteiger partial charge is 0.263 e. The zero-order valence-corrected chi connectivity index (χ0v) is 17.5. The zero-order valence-electron chi connectivity index (χ0n) is 16.7. The van der Waals surface area contributed by atoms with Gasteiger partial charge in [-0.05, 0) is 48.9 Å². The minimum absolute atomic E-state index is 0.167. The lowest BCUT2D eigenvalue weighted by atomic mass is 10.0. The summed E-state index contributed by atoms with van der Waals surface area (Å²) >= 11 is 0. The van der Waals surface area contributed by atoms with E-state index in [0.717, 1.165) is 29.9 Å². The minimum Gasteiger partial charge on any atom is -0.384 e. The average molecular weight is 431 g/mol. The first-order chi connectivity index (χ1) is 14.5. The number of nitrogens with zero attached hydrogens (tertiary/aromatic N) is 1. The van der Waals surface area contributed by atoms with Crippen LogP contribution in [0.25, 0.3) is 11.1 Å². The van der Waals surface area contributed by atoms with Crippen LogP contribution >= 0.6 is 0 Å². The third-order valence-corrected chi connectivity index (χ3v) is 6.76. The predicted octanol–water partition coefficient (Wildman–Crippen LogP) is 2.01. The summed E-state index contributed by atoms with van der Waals surface area (Å²) in [6.07, 6.45) is 3.16. The van der Waals surface area contributed by atoms with E-state index in [1.165, 1.54) is 16.6 Å². The second-order valence-electron chi connectivity index (χ2n) is 6.96. The molecule has 8 nitrogen and oxygen atoms in total. The van der Waals surface area contributed by atoms with Gasteiger partial charge in [-0.25, -0.2) is 13.9 Å². The van der Waals surface area contributed by atoms with Crippen molar-refractivity contribution in [1.29, 1.82) is 0 Å². The lowest BCUT2D eigenvalue weighted by molar-refractivity contribution is -0.132. The summed E-state index contributed by atoms with van der Waals surface area (Å²) in [5.74, 6) is -1.09. The van der Waals surface area contributed by atoms with Crippen molar-refractivity contribution in [3.8, 4) is 11.1 Å². The molecule has 1 unspecified atom stereocenters. The Hall–Kier alpha value is -2.88. The van der Waals surface area contributed by atoms with Crippen LogP contribution in [-0.2, 0) is 14.8 Å². The van der Waals surface area contributed by atoms with E-state index in [0.29, 0.717) is 6.42 Å². The van der Waals surface area contributed by atoms with Crippen LogP contribution < -0.4 is 16.1 Å². The molecule has 0 radical (unpaired) electrons.